The van der Waals surface area contributed by atoms with Gasteiger partial charge < -0.3 is 5.32 Å². The number of nitrogens with one attached hydrogen (secondary N) is 1. The van der Waals surface area contributed by atoms with Gasteiger partial charge in [-0.25, -0.2) is 4.98 Å². The van der Waals surface area contributed by atoms with Crippen LogP contribution in [0.15, 0.2) is 60.1 Å². The van der Waals surface area contributed by atoms with Gasteiger partial charge in [-0.2, -0.15) is 5.26 Å². The third-order valence-electron chi connectivity index (χ3n) is 3.17. The van der Waals surface area contributed by atoms with E-state index in [4.69, 9.17) is 23.2 Å². The molecule has 3 nitrogen and oxygen atoms in total. The lowest BCUT2D eigenvalue weighted by molar-refractivity contribution is 1.36. The largest absolute Gasteiger partial charge is 0.360 e. The molecule has 6 heteroatoms. The number of anilines is 1. The maximum Gasteiger partial charge on any atom is 0.136 e. The Morgan fingerprint density at radius 3 is 2.50 bits per heavy atom. The number of nitriles is 1. The van der Waals surface area contributed by atoms with Gasteiger partial charge in [-0.15, -0.1) is 11.3 Å². The topological polar surface area (TPSA) is 48.7 Å². The van der Waals surface area contributed by atoms with Gasteiger partial charge in [-0.1, -0.05) is 53.5 Å². The molecule has 0 fully saturated rings. The Morgan fingerprint density at radius 2 is 1.83 bits per heavy atom. The molecule has 0 radical (unpaired) electrons. The molecule has 24 heavy (non-hydrogen) atoms. The van der Waals surface area contributed by atoms with Crippen molar-refractivity contribution in [2.45, 2.75) is 0 Å². The van der Waals surface area contributed by atoms with E-state index in [1.807, 2.05) is 35.7 Å². The predicted molar refractivity (Wildman–Crippen MR) is 101 cm³/mol. The summed E-state index contributed by atoms with van der Waals surface area (Å²) in [7, 11) is 0. The van der Waals surface area contributed by atoms with Crippen molar-refractivity contribution in [1.82, 2.24) is 4.98 Å². The molecule has 0 unspecified atom stereocenters. The minimum Gasteiger partial charge on any atom is -0.360 e. The first-order valence-electron chi connectivity index (χ1n) is 7.00. The molecular formula is C18H11Cl2N3S. The van der Waals surface area contributed by atoms with E-state index in [2.05, 4.69) is 16.4 Å². The molecule has 0 aliphatic rings. The van der Waals surface area contributed by atoms with Crippen LogP contribution in [0.3, 0.4) is 0 Å². The molecule has 2 aromatic carbocycles. The summed E-state index contributed by atoms with van der Waals surface area (Å²) < 4.78 is 0. The smallest absolute Gasteiger partial charge is 0.136 e. The maximum atomic E-state index is 9.40. The van der Waals surface area contributed by atoms with Gasteiger partial charge in [0.25, 0.3) is 0 Å². The minimum atomic E-state index is 0.443. The van der Waals surface area contributed by atoms with Crippen LogP contribution in [0.1, 0.15) is 5.01 Å². The lowest BCUT2D eigenvalue weighted by atomic mass is 10.2. The lowest BCUT2D eigenvalue weighted by Crippen LogP contribution is -1.91. The Bertz CT molecular complexity index is 907. The molecule has 3 aromatic rings. The van der Waals surface area contributed by atoms with Crippen LogP contribution in [0.25, 0.3) is 16.8 Å². The second-order valence-electron chi connectivity index (χ2n) is 4.88. The predicted octanol–water partition coefficient (Wildman–Crippen LogP) is 6.09. The number of thiazole rings is 1. The van der Waals surface area contributed by atoms with Crippen molar-refractivity contribution in [2.75, 3.05) is 5.32 Å². The standard InChI is InChI=1S/C18H11Cl2N3S/c19-14-6-15(20)8-16(7-14)22-10-13(9-21)18-23-17(11-24-18)12-4-2-1-3-5-12/h1-8,10-11,22H/b13-10-. The van der Waals surface area contributed by atoms with Crippen molar-refractivity contribution >= 4 is 45.8 Å². The Kier molecular flexibility index (Phi) is 5.17. The van der Waals surface area contributed by atoms with E-state index in [1.165, 1.54) is 11.3 Å². The lowest BCUT2D eigenvalue weighted by Gasteiger charge is -2.03. The van der Waals surface area contributed by atoms with E-state index >= 15 is 0 Å². The monoisotopic (exact) mass is 371 g/mol. The fraction of sp³-hybridized carbons (Fsp3) is 0. The number of halogens is 2. The second-order valence-corrected chi connectivity index (χ2v) is 6.61. The number of hydrogen-bond donors (Lipinski definition) is 1. The third-order valence-corrected chi connectivity index (χ3v) is 4.48. The summed E-state index contributed by atoms with van der Waals surface area (Å²) in [6, 6.07) is 17.1. The summed E-state index contributed by atoms with van der Waals surface area (Å²) in [4.78, 5) is 4.53. The van der Waals surface area contributed by atoms with E-state index in [0.29, 0.717) is 26.3 Å². The molecule has 0 aliphatic heterocycles. The minimum absolute atomic E-state index is 0.443. The van der Waals surface area contributed by atoms with Crippen LogP contribution in [-0.4, -0.2) is 4.98 Å². The van der Waals surface area contributed by atoms with Crippen LogP contribution in [0.2, 0.25) is 10.0 Å². The molecular weight excluding hydrogens is 361 g/mol. The summed E-state index contributed by atoms with van der Waals surface area (Å²) in [6.07, 6.45) is 1.61. The highest BCUT2D eigenvalue weighted by atomic mass is 35.5. The average molecular weight is 372 g/mol. The zero-order valence-corrected chi connectivity index (χ0v) is 14.7. The molecule has 0 spiro atoms. The van der Waals surface area contributed by atoms with Crippen molar-refractivity contribution in [3.05, 3.63) is 75.2 Å². The molecule has 1 N–H and O–H groups in total. The Morgan fingerprint density at radius 1 is 1.12 bits per heavy atom. The molecule has 1 aromatic heterocycles. The zero-order valence-electron chi connectivity index (χ0n) is 12.3. The fourth-order valence-corrected chi connectivity index (χ4v) is 3.39. The van der Waals surface area contributed by atoms with Crippen LogP contribution >= 0.6 is 34.5 Å². The molecule has 1 heterocycles. The normalized spacial score (nSPS) is 11.1. The van der Waals surface area contributed by atoms with Gasteiger partial charge in [-0.3, -0.25) is 0 Å². The third kappa shape index (κ3) is 3.95. The highest BCUT2D eigenvalue weighted by molar-refractivity contribution is 7.11. The second kappa shape index (κ2) is 7.50. The average Bonchev–Trinajstić information content (AvgIpc) is 3.05. The van der Waals surface area contributed by atoms with E-state index in [9.17, 15) is 5.26 Å². The molecule has 0 bridgehead atoms. The van der Waals surface area contributed by atoms with Crippen molar-refractivity contribution in [2.24, 2.45) is 0 Å². The van der Waals surface area contributed by atoms with Gasteiger partial charge in [0.1, 0.15) is 16.6 Å². The van der Waals surface area contributed by atoms with Crippen LogP contribution in [-0.2, 0) is 0 Å². The Balaban J connectivity index is 1.84. The van der Waals surface area contributed by atoms with E-state index in [1.54, 1.807) is 24.4 Å². The number of aromatic nitrogens is 1. The van der Waals surface area contributed by atoms with E-state index in [-0.39, 0.29) is 0 Å². The van der Waals surface area contributed by atoms with Gasteiger partial charge in [0, 0.05) is 32.9 Å². The summed E-state index contributed by atoms with van der Waals surface area (Å²) in [5.41, 5.74) is 3.02. The molecule has 0 amide bonds. The molecule has 0 atom stereocenters. The number of hydrogen-bond acceptors (Lipinski definition) is 4. The Hall–Kier alpha value is -2.32. The fourth-order valence-electron chi connectivity index (χ4n) is 2.07. The first kappa shape index (κ1) is 16.5. The molecule has 3 rings (SSSR count). The first-order valence-corrected chi connectivity index (χ1v) is 8.63. The quantitative estimate of drug-likeness (QED) is 0.564. The summed E-state index contributed by atoms with van der Waals surface area (Å²) >= 11 is 13.4. The van der Waals surface area contributed by atoms with Gasteiger partial charge in [0.15, 0.2) is 0 Å². The number of allylic oxidation sites excluding steroid dienone is 1. The number of rotatable bonds is 4. The summed E-state index contributed by atoms with van der Waals surface area (Å²) in [5.74, 6) is 0. The van der Waals surface area contributed by atoms with Gasteiger partial charge >= 0.3 is 0 Å². The van der Waals surface area contributed by atoms with Crippen LogP contribution in [0.5, 0.6) is 0 Å². The van der Waals surface area contributed by atoms with E-state index in [0.717, 1.165) is 11.3 Å². The molecule has 0 saturated carbocycles. The van der Waals surface area contributed by atoms with Crippen LogP contribution in [0.4, 0.5) is 5.69 Å². The van der Waals surface area contributed by atoms with Crippen LogP contribution in [0, 0.1) is 11.3 Å². The SMILES string of the molecule is N#C/C(=C/Nc1cc(Cl)cc(Cl)c1)c1nc(-c2ccccc2)cs1. The summed E-state index contributed by atoms with van der Waals surface area (Å²) in [5, 5.41) is 16.1. The van der Waals surface area contributed by atoms with Crippen molar-refractivity contribution < 1.29 is 0 Å². The van der Waals surface area contributed by atoms with Gasteiger partial charge in [0.05, 0.1) is 5.69 Å². The maximum absolute atomic E-state index is 9.40. The van der Waals surface area contributed by atoms with E-state index < -0.39 is 0 Å². The van der Waals surface area contributed by atoms with Crippen molar-refractivity contribution in [3.63, 3.8) is 0 Å². The molecule has 0 aliphatic carbocycles. The zero-order chi connectivity index (χ0) is 16.9. The molecule has 118 valence electrons. The van der Waals surface area contributed by atoms with Gasteiger partial charge in [0.2, 0.25) is 0 Å². The van der Waals surface area contributed by atoms with Crippen molar-refractivity contribution in [1.29, 1.82) is 5.26 Å². The number of benzene rings is 2. The Labute approximate surface area is 153 Å². The highest BCUT2D eigenvalue weighted by Crippen LogP contribution is 2.27. The number of nitrogens with zero attached hydrogens (tertiary/aromatic N) is 2. The summed E-state index contributed by atoms with van der Waals surface area (Å²) in [6.45, 7) is 0. The molecule has 0 saturated heterocycles. The first-order chi connectivity index (χ1) is 11.7. The van der Waals surface area contributed by atoms with Crippen molar-refractivity contribution in [3.8, 4) is 17.3 Å². The van der Waals surface area contributed by atoms with Gasteiger partial charge in [-0.05, 0) is 18.2 Å². The van der Waals surface area contributed by atoms with Crippen LogP contribution < -0.4 is 5.32 Å². The highest BCUT2D eigenvalue weighted by Gasteiger charge is 2.09.